The van der Waals surface area contributed by atoms with Gasteiger partial charge in [-0.3, -0.25) is 4.98 Å². The van der Waals surface area contributed by atoms with Gasteiger partial charge >= 0.3 is 0 Å². The van der Waals surface area contributed by atoms with Crippen LogP contribution in [0.5, 0.6) is 0 Å². The van der Waals surface area contributed by atoms with Crippen LogP contribution in [-0.4, -0.2) is 41.0 Å². The lowest BCUT2D eigenvalue weighted by atomic mass is 9.96. The summed E-state index contributed by atoms with van der Waals surface area (Å²) in [6, 6.07) is 24.8. The Morgan fingerprint density at radius 2 is 1.61 bits per heavy atom. The van der Waals surface area contributed by atoms with Crippen molar-refractivity contribution in [3.63, 3.8) is 0 Å². The molecule has 2 aromatic heterocycles. The molecule has 2 atom stereocenters. The minimum Gasteiger partial charge on any atom is -0.378 e. The summed E-state index contributed by atoms with van der Waals surface area (Å²) in [7, 11) is 0. The maximum Gasteiger partial charge on any atom is 0.174 e. The van der Waals surface area contributed by atoms with Crippen molar-refractivity contribution in [1.29, 1.82) is 0 Å². The molecule has 0 spiro atoms. The first-order valence-electron chi connectivity index (χ1n) is 12.9. The van der Waals surface area contributed by atoms with Crippen LogP contribution in [0, 0.1) is 13.8 Å². The highest BCUT2D eigenvalue weighted by Gasteiger charge is 2.42. The fourth-order valence-corrected chi connectivity index (χ4v) is 6.14. The fraction of sp³-hybridized carbons (Fsp3) is 0.267. The molecule has 2 unspecified atom stereocenters. The Morgan fingerprint density at radius 1 is 0.921 bits per heavy atom. The number of hydrogen-bond donors (Lipinski definition) is 1. The molecule has 0 bridgehead atoms. The second-order valence-electron chi connectivity index (χ2n) is 9.75. The molecular formula is C30H30ClN5OS. The molecule has 1 N–H and O–H groups in total. The van der Waals surface area contributed by atoms with E-state index in [1.165, 1.54) is 11.3 Å². The van der Waals surface area contributed by atoms with Crippen molar-refractivity contribution in [3.8, 4) is 5.69 Å². The summed E-state index contributed by atoms with van der Waals surface area (Å²) in [5.74, 6) is 0. The van der Waals surface area contributed by atoms with Gasteiger partial charge in [0.15, 0.2) is 5.11 Å². The number of ether oxygens (including phenoxy) is 1. The first-order valence-corrected chi connectivity index (χ1v) is 13.7. The molecule has 6 rings (SSSR count). The lowest BCUT2D eigenvalue weighted by molar-refractivity contribution is 0.122. The van der Waals surface area contributed by atoms with Gasteiger partial charge in [-0.15, -0.1) is 0 Å². The number of aryl methyl sites for hydroxylation is 1. The summed E-state index contributed by atoms with van der Waals surface area (Å²) in [6.45, 7) is 7.66. The third-order valence-electron chi connectivity index (χ3n) is 7.48. The lowest BCUT2D eigenvalue weighted by Gasteiger charge is -2.31. The molecule has 38 heavy (non-hydrogen) atoms. The standard InChI is InChI=1S/C30H30ClN5OS/c1-20-19-26(21(2)35(20)24-8-6-22(31)7-9-24)29-28(27-5-3-4-14-32-27)33-30(38)36(29)25-12-10-23(11-13-25)34-15-17-37-18-16-34/h3-14,19,28-29H,15-18H2,1-2H3,(H,33,38). The largest absolute Gasteiger partial charge is 0.378 e. The topological polar surface area (TPSA) is 45.6 Å². The highest BCUT2D eigenvalue weighted by atomic mass is 35.5. The van der Waals surface area contributed by atoms with E-state index in [1.807, 2.05) is 30.5 Å². The van der Waals surface area contributed by atoms with Crippen molar-refractivity contribution < 1.29 is 4.74 Å². The second-order valence-corrected chi connectivity index (χ2v) is 10.6. The van der Waals surface area contributed by atoms with Gasteiger partial charge in [-0.05, 0) is 98.4 Å². The molecule has 0 amide bonds. The number of benzene rings is 2. The molecule has 4 aromatic rings. The number of thiocarbonyl (C=S) groups is 1. The van der Waals surface area contributed by atoms with Crippen LogP contribution in [0.2, 0.25) is 5.02 Å². The number of nitrogens with one attached hydrogen (secondary N) is 1. The zero-order valence-electron chi connectivity index (χ0n) is 21.5. The van der Waals surface area contributed by atoms with Crippen LogP contribution in [-0.2, 0) is 4.74 Å². The molecule has 2 aliphatic rings. The van der Waals surface area contributed by atoms with Gasteiger partial charge in [0.05, 0.1) is 31.0 Å². The van der Waals surface area contributed by atoms with Crippen molar-refractivity contribution in [2.75, 3.05) is 36.1 Å². The monoisotopic (exact) mass is 543 g/mol. The van der Waals surface area contributed by atoms with E-state index in [-0.39, 0.29) is 12.1 Å². The molecule has 8 heteroatoms. The zero-order valence-corrected chi connectivity index (χ0v) is 23.0. The molecule has 0 aliphatic carbocycles. The van der Waals surface area contributed by atoms with Crippen molar-refractivity contribution in [1.82, 2.24) is 14.9 Å². The van der Waals surface area contributed by atoms with Gasteiger partial charge in [0.2, 0.25) is 0 Å². The molecule has 2 aromatic carbocycles. The molecule has 6 nitrogen and oxygen atoms in total. The van der Waals surface area contributed by atoms with Gasteiger partial charge in [-0.2, -0.15) is 0 Å². The van der Waals surface area contributed by atoms with Crippen LogP contribution >= 0.6 is 23.8 Å². The normalized spacial score (nSPS) is 19.6. The van der Waals surface area contributed by atoms with Crippen LogP contribution in [0.1, 0.15) is 34.7 Å². The van der Waals surface area contributed by atoms with Gasteiger partial charge in [0, 0.05) is 52.8 Å². The number of halogens is 1. The zero-order chi connectivity index (χ0) is 26.2. The van der Waals surface area contributed by atoms with Gasteiger partial charge in [-0.1, -0.05) is 17.7 Å². The summed E-state index contributed by atoms with van der Waals surface area (Å²) in [6.07, 6.45) is 1.84. The van der Waals surface area contributed by atoms with Gasteiger partial charge in [-0.25, -0.2) is 0 Å². The summed E-state index contributed by atoms with van der Waals surface area (Å²) >= 11 is 12.1. The smallest absolute Gasteiger partial charge is 0.174 e. The first kappa shape index (κ1) is 24.9. The van der Waals surface area contributed by atoms with E-state index in [0.29, 0.717) is 5.11 Å². The Bertz CT molecular complexity index is 1430. The summed E-state index contributed by atoms with van der Waals surface area (Å²) in [5.41, 5.74) is 7.83. The number of hydrogen-bond acceptors (Lipinski definition) is 4. The summed E-state index contributed by atoms with van der Waals surface area (Å²) < 4.78 is 7.81. The molecular weight excluding hydrogens is 514 g/mol. The number of rotatable bonds is 5. The number of nitrogens with zero attached hydrogens (tertiary/aromatic N) is 4. The highest BCUT2D eigenvalue weighted by Crippen LogP contribution is 2.44. The third-order valence-corrected chi connectivity index (χ3v) is 8.04. The Balaban J connectivity index is 1.43. The van der Waals surface area contributed by atoms with Gasteiger partial charge < -0.3 is 24.4 Å². The van der Waals surface area contributed by atoms with Crippen LogP contribution in [0.3, 0.4) is 0 Å². The van der Waals surface area contributed by atoms with Crippen LogP contribution < -0.4 is 15.1 Å². The number of anilines is 2. The van der Waals surface area contributed by atoms with Crippen molar-refractivity contribution in [3.05, 3.63) is 107 Å². The summed E-state index contributed by atoms with van der Waals surface area (Å²) in [4.78, 5) is 9.32. The van der Waals surface area contributed by atoms with E-state index in [2.05, 4.69) is 82.1 Å². The maximum absolute atomic E-state index is 6.18. The van der Waals surface area contributed by atoms with Gasteiger partial charge in [0.25, 0.3) is 0 Å². The quantitative estimate of drug-likeness (QED) is 0.304. The third kappa shape index (κ3) is 4.55. The van der Waals surface area contributed by atoms with E-state index >= 15 is 0 Å². The Labute approximate surface area is 233 Å². The summed E-state index contributed by atoms with van der Waals surface area (Å²) in [5, 5.41) is 5.01. The highest BCUT2D eigenvalue weighted by molar-refractivity contribution is 7.80. The minimum absolute atomic E-state index is 0.0705. The Morgan fingerprint density at radius 3 is 2.29 bits per heavy atom. The van der Waals surface area contributed by atoms with Crippen molar-refractivity contribution in [2.45, 2.75) is 25.9 Å². The van der Waals surface area contributed by atoms with E-state index < -0.39 is 0 Å². The molecule has 0 radical (unpaired) electrons. The van der Waals surface area contributed by atoms with E-state index in [4.69, 9.17) is 33.5 Å². The molecule has 0 saturated carbocycles. The molecule has 194 valence electrons. The average Bonchev–Trinajstić information content (AvgIpc) is 3.45. The molecule has 2 fully saturated rings. The number of aromatic nitrogens is 2. The predicted octanol–water partition coefficient (Wildman–Crippen LogP) is 6.16. The Hall–Kier alpha value is -3.39. The second kappa shape index (κ2) is 10.4. The molecule has 4 heterocycles. The molecule has 2 saturated heterocycles. The first-order chi connectivity index (χ1) is 18.5. The maximum atomic E-state index is 6.18. The van der Waals surface area contributed by atoms with Gasteiger partial charge in [0.1, 0.15) is 0 Å². The van der Waals surface area contributed by atoms with Crippen LogP contribution in [0.15, 0.2) is 79.0 Å². The van der Waals surface area contributed by atoms with Crippen LogP contribution in [0.25, 0.3) is 5.69 Å². The SMILES string of the molecule is Cc1cc(C2C(c3ccccn3)NC(=S)N2c2ccc(N3CCOCC3)cc2)c(C)n1-c1ccc(Cl)cc1. The van der Waals surface area contributed by atoms with E-state index in [1.54, 1.807) is 0 Å². The average molecular weight is 544 g/mol. The minimum atomic E-state index is -0.0956. The predicted molar refractivity (Wildman–Crippen MR) is 158 cm³/mol. The Kier molecular flexibility index (Phi) is 6.82. The van der Waals surface area contributed by atoms with Crippen molar-refractivity contribution >= 4 is 40.3 Å². The fourth-order valence-electron chi connectivity index (χ4n) is 5.67. The van der Waals surface area contributed by atoms with E-state index in [0.717, 1.165) is 59.8 Å². The lowest BCUT2D eigenvalue weighted by Crippen LogP contribution is -2.36. The number of pyridine rings is 1. The van der Waals surface area contributed by atoms with E-state index in [9.17, 15) is 0 Å². The van der Waals surface area contributed by atoms with Crippen molar-refractivity contribution in [2.24, 2.45) is 0 Å². The molecule has 2 aliphatic heterocycles. The van der Waals surface area contributed by atoms with Crippen LogP contribution in [0.4, 0.5) is 11.4 Å². The number of morpholine rings is 1.